The van der Waals surface area contributed by atoms with E-state index in [1.807, 2.05) is 10.9 Å². The van der Waals surface area contributed by atoms with Crippen molar-refractivity contribution in [2.24, 2.45) is 11.8 Å². The number of ether oxygens (including phenoxy) is 1. The highest BCUT2D eigenvalue weighted by Crippen LogP contribution is 2.38. The molecule has 8 nitrogen and oxygen atoms in total. The van der Waals surface area contributed by atoms with Crippen molar-refractivity contribution < 1.29 is 9.84 Å². The third-order valence-electron chi connectivity index (χ3n) is 6.18. The summed E-state index contributed by atoms with van der Waals surface area (Å²) >= 11 is 0. The van der Waals surface area contributed by atoms with Crippen LogP contribution < -0.4 is 5.32 Å². The number of rotatable bonds is 3. The van der Waals surface area contributed by atoms with E-state index < -0.39 is 0 Å². The number of imidazole rings is 1. The predicted octanol–water partition coefficient (Wildman–Crippen LogP) is 2.01. The summed E-state index contributed by atoms with van der Waals surface area (Å²) in [5, 5.41) is 18.0. The number of nitrogens with one attached hydrogen (secondary N) is 1. The molecule has 0 aromatic carbocycles. The minimum Gasteiger partial charge on any atom is -0.491 e. The largest absolute Gasteiger partial charge is 0.491 e. The van der Waals surface area contributed by atoms with Gasteiger partial charge in [0.15, 0.2) is 5.82 Å². The maximum absolute atomic E-state index is 10.4. The molecule has 2 aromatic heterocycles. The zero-order valence-electron chi connectivity index (χ0n) is 17.0. The molecule has 1 fully saturated rings. The van der Waals surface area contributed by atoms with Crippen LogP contribution in [0.1, 0.15) is 38.6 Å². The van der Waals surface area contributed by atoms with Gasteiger partial charge in [-0.3, -0.25) is 0 Å². The fourth-order valence-electron chi connectivity index (χ4n) is 4.67. The van der Waals surface area contributed by atoms with E-state index in [1.54, 1.807) is 6.33 Å². The average Bonchev–Trinajstić information content (AvgIpc) is 3.32. The van der Waals surface area contributed by atoms with Crippen molar-refractivity contribution in [1.82, 2.24) is 29.6 Å². The van der Waals surface area contributed by atoms with Gasteiger partial charge in [0.05, 0.1) is 18.2 Å². The highest BCUT2D eigenvalue weighted by molar-refractivity contribution is 5.76. The molecule has 3 aliphatic rings. The number of piperidine rings is 1. The summed E-state index contributed by atoms with van der Waals surface area (Å²) < 4.78 is 10.2. The van der Waals surface area contributed by atoms with E-state index in [4.69, 9.17) is 9.72 Å². The topological polar surface area (TPSA) is 90.0 Å². The molecule has 0 saturated carbocycles. The van der Waals surface area contributed by atoms with E-state index in [-0.39, 0.29) is 18.1 Å². The van der Waals surface area contributed by atoms with Gasteiger partial charge in [0, 0.05) is 18.8 Å². The molecule has 4 heterocycles. The molecule has 5 rings (SSSR count). The lowest BCUT2D eigenvalue weighted by Crippen LogP contribution is -2.43. The fraction of sp³-hybridized carbons (Fsp3) is 0.571. The number of fused-ring (bicyclic) bond motifs is 3. The summed E-state index contributed by atoms with van der Waals surface area (Å²) in [6.07, 6.45) is 9.67. The molecule has 1 aliphatic carbocycles. The van der Waals surface area contributed by atoms with Gasteiger partial charge in [0.25, 0.3) is 0 Å². The standard InChI is InChI=1S/C21H28N6O2/c1-13(2)27-21(23-12-24-27)17-11-26-7-8-29-19-9-14(3-4-16(19)20(26)25-17)15-5-6-22-10-18(15)28/h4,9,11-15,18,22,28H,3,5-8,10H2,1-2H3/t14?,15-,18+/m1/s1. The second-order valence-corrected chi connectivity index (χ2v) is 8.39. The molecule has 29 heavy (non-hydrogen) atoms. The van der Waals surface area contributed by atoms with Crippen molar-refractivity contribution in [3.8, 4) is 11.5 Å². The van der Waals surface area contributed by atoms with Gasteiger partial charge in [-0.15, -0.1) is 0 Å². The molecule has 1 saturated heterocycles. The second-order valence-electron chi connectivity index (χ2n) is 8.39. The monoisotopic (exact) mass is 396 g/mol. The van der Waals surface area contributed by atoms with Crippen LogP contribution in [-0.4, -0.2) is 55.2 Å². The Hall–Kier alpha value is -2.45. The minimum absolute atomic E-state index is 0.221. The van der Waals surface area contributed by atoms with Crippen LogP contribution in [-0.2, 0) is 11.3 Å². The average molecular weight is 396 g/mol. The third kappa shape index (κ3) is 3.30. The minimum atomic E-state index is -0.303. The van der Waals surface area contributed by atoms with Crippen LogP contribution in [0.25, 0.3) is 17.1 Å². The predicted molar refractivity (Wildman–Crippen MR) is 109 cm³/mol. The Kier molecular flexibility index (Phi) is 4.75. The molecule has 3 atom stereocenters. The first kappa shape index (κ1) is 18.6. The third-order valence-corrected chi connectivity index (χ3v) is 6.18. The molecule has 0 bridgehead atoms. The molecule has 2 aromatic rings. The Labute approximate surface area is 170 Å². The van der Waals surface area contributed by atoms with Crippen LogP contribution in [0, 0.1) is 11.8 Å². The highest BCUT2D eigenvalue weighted by Gasteiger charge is 2.33. The number of aliphatic hydroxyl groups excluding tert-OH is 1. The van der Waals surface area contributed by atoms with Gasteiger partial charge < -0.3 is 19.7 Å². The van der Waals surface area contributed by atoms with Crippen molar-refractivity contribution >= 4 is 5.57 Å². The van der Waals surface area contributed by atoms with Crippen LogP contribution in [0.5, 0.6) is 0 Å². The molecule has 1 unspecified atom stereocenters. The van der Waals surface area contributed by atoms with E-state index in [9.17, 15) is 5.11 Å². The van der Waals surface area contributed by atoms with Gasteiger partial charge in [0.2, 0.25) is 0 Å². The van der Waals surface area contributed by atoms with E-state index in [2.05, 4.69) is 46.0 Å². The number of hydrogen-bond acceptors (Lipinski definition) is 6. The maximum atomic E-state index is 10.4. The van der Waals surface area contributed by atoms with Gasteiger partial charge in [-0.25, -0.2) is 14.6 Å². The lowest BCUT2D eigenvalue weighted by Gasteiger charge is -2.34. The van der Waals surface area contributed by atoms with Crippen molar-refractivity contribution in [1.29, 1.82) is 0 Å². The summed E-state index contributed by atoms with van der Waals surface area (Å²) in [6.45, 7) is 7.16. The fourth-order valence-corrected chi connectivity index (χ4v) is 4.67. The molecule has 0 spiro atoms. The first-order valence-electron chi connectivity index (χ1n) is 10.5. The SMILES string of the molecule is CC(C)n1ncnc1-c1cn2c(n1)C1=CCC([C@H]3CCNC[C@@H]3O)C=C1OCC2. The first-order chi connectivity index (χ1) is 14.1. The van der Waals surface area contributed by atoms with Crippen LogP contribution in [0.15, 0.2) is 30.4 Å². The number of aliphatic hydroxyl groups is 1. The first-order valence-corrected chi connectivity index (χ1v) is 10.5. The lowest BCUT2D eigenvalue weighted by atomic mass is 9.78. The van der Waals surface area contributed by atoms with Crippen LogP contribution >= 0.6 is 0 Å². The molecule has 2 N–H and O–H groups in total. The van der Waals surface area contributed by atoms with Crippen LogP contribution in [0.2, 0.25) is 0 Å². The molecule has 2 aliphatic heterocycles. The van der Waals surface area contributed by atoms with E-state index >= 15 is 0 Å². The van der Waals surface area contributed by atoms with Crippen LogP contribution in [0.4, 0.5) is 0 Å². The van der Waals surface area contributed by atoms with Crippen molar-refractivity contribution in [3.05, 3.63) is 36.3 Å². The molecule has 8 heteroatoms. The zero-order valence-corrected chi connectivity index (χ0v) is 17.0. The summed E-state index contributed by atoms with van der Waals surface area (Å²) in [6, 6.07) is 0.221. The van der Waals surface area contributed by atoms with Gasteiger partial charge in [-0.05, 0) is 51.1 Å². The zero-order chi connectivity index (χ0) is 20.0. The Balaban J connectivity index is 1.47. The highest BCUT2D eigenvalue weighted by atomic mass is 16.5. The second kappa shape index (κ2) is 7.42. The van der Waals surface area contributed by atoms with Gasteiger partial charge >= 0.3 is 0 Å². The number of nitrogens with zero attached hydrogens (tertiary/aromatic N) is 5. The molecular weight excluding hydrogens is 368 g/mol. The van der Waals surface area contributed by atoms with Crippen molar-refractivity contribution in [3.63, 3.8) is 0 Å². The van der Waals surface area contributed by atoms with Gasteiger partial charge in [-0.1, -0.05) is 6.08 Å². The number of β-amino-alcohol motifs (C(OH)–C–C–N with tert-alkyl or cyclic N) is 1. The summed E-state index contributed by atoms with van der Waals surface area (Å²) in [5.74, 6) is 3.18. The summed E-state index contributed by atoms with van der Waals surface area (Å²) in [5.41, 5.74) is 1.88. The molecule has 154 valence electrons. The molecule has 0 radical (unpaired) electrons. The lowest BCUT2D eigenvalue weighted by molar-refractivity contribution is 0.0584. The smallest absolute Gasteiger partial charge is 0.178 e. The van der Waals surface area contributed by atoms with Crippen LogP contribution in [0.3, 0.4) is 0 Å². The van der Waals surface area contributed by atoms with Gasteiger partial charge in [0.1, 0.15) is 30.2 Å². The Morgan fingerprint density at radius 3 is 3.03 bits per heavy atom. The number of aromatic nitrogens is 5. The quantitative estimate of drug-likeness (QED) is 0.825. The summed E-state index contributed by atoms with van der Waals surface area (Å²) in [7, 11) is 0. The van der Waals surface area contributed by atoms with Gasteiger partial charge in [-0.2, -0.15) is 5.10 Å². The van der Waals surface area contributed by atoms with E-state index in [1.165, 1.54) is 0 Å². The normalized spacial score (nSPS) is 26.8. The Morgan fingerprint density at radius 2 is 2.21 bits per heavy atom. The van der Waals surface area contributed by atoms with Crippen molar-refractivity contribution in [2.45, 2.75) is 45.4 Å². The maximum Gasteiger partial charge on any atom is 0.178 e. The molecular formula is C21H28N6O2. The number of hydrogen-bond donors (Lipinski definition) is 2. The van der Waals surface area contributed by atoms with E-state index in [0.29, 0.717) is 19.1 Å². The number of allylic oxidation sites excluding steroid dienone is 3. The Bertz CT molecular complexity index is 956. The van der Waals surface area contributed by atoms with E-state index in [0.717, 1.165) is 54.6 Å². The molecule has 0 amide bonds. The summed E-state index contributed by atoms with van der Waals surface area (Å²) in [4.78, 5) is 9.36. The van der Waals surface area contributed by atoms with Crippen molar-refractivity contribution in [2.75, 3.05) is 19.7 Å². The Morgan fingerprint density at radius 1 is 1.31 bits per heavy atom.